The minimum absolute atomic E-state index is 0.0280. The van der Waals surface area contributed by atoms with Crippen molar-refractivity contribution in [1.82, 2.24) is 14.5 Å². The number of alkyl halides is 3. The summed E-state index contributed by atoms with van der Waals surface area (Å²) in [5.74, 6) is 0.425. The van der Waals surface area contributed by atoms with Crippen molar-refractivity contribution in [1.29, 1.82) is 0 Å². The summed E-state index contributed by atoms with van der Waals surface area (Å²) in [5.41, 5.74) is 3.38. The van der Waals surface area contributed by atoms with Gasteiger partial charge in [-0.2, -0.15) is 8.78 Å². The van der Waals surface area contributed by atoms with Gasteiger partial charge in [0.1, 0.15) is 17.4 Å². The molecule has 0 bridgehead atoms. The average molecular weight is 433 g/mol. The van der Waals surface area contributed by atoms with E-state index in [1.165, 1.54) is 18.2 Å². The molecular formula is C23H23F4N3O. The smallest absolute Gasteiger partial charge is 0.429 e. The van der Waals surface area contributed by atoms with E-state index in [0.29, 0.717) is 31.6 Å². The zero-order valence-electron chi connectivity index (χ0n) is 17.3. The Hall–Kier alpha value is -2.87. The Labute approximate surface area is 178 Å². The molecule has 31 heavy (non-hydrogen) atoms. The van der Waals surface area contributed by atoms with E-state index in [-0.39, 0.29) is 11.6 Å². The van der Waals surface area contributed by atoms with E-state index >= 15 is 0 Å². The maximum atomic E-state index is 13.8. The lowest BCUT2D eigenvalue weighted by atomic mass is 10.1. The van der Waals surface area contributed by atoms with Crippen LogP contribution < -0.4 is 4.74 Å². The number of rotatable bonds is 6. The predicted octanol–water partition coefficient (Wildman–Crippen LogP) is 5.11. The molecule has 4 rings (SSSR count). The van der Waals surface area contributed by atoms with Crippen LogP contribution in [0.1, 0.15) is 23.9 Å². The van der Waals surface area contributed by atoms with E-state index in [1.807, 2.05) is 11.6 Å². The number of aromatic nitrogens is 2. The molecule has 0 radical (unpaired) electrons. The number of imidazole rings is 1. The minimum atomic E-state index is -3.89. The highest BCUT2D eigenvalue weighted by Gasteiger charge is 2.40. The minimum Gasteiger partial charge on any atom is -0.430 e. The van der Waals surface area contributed by atoms with E-state index in [9.17, 15) is 17.6 Å². The summed E-state index contributed by atoms with van der Waals surface area (Å²) >= 11 is 0. The van der Waals surface area contributed by atoms with Gasteiger partial charge < -0.3 is 9.30 Å². The van der Waals surface area contributed by atoms with Crippen molar-refractivity contribution in [2.24, 2.45) is 7.05 Å². The predicted molar refractivity (Wildman–Crippen MR) is 109 cm³/mol. The van der Waals surface area contributed by atoms with Crippen LogP contribution in [0.3, 0.4) is 0 Å². The number of benzene rings is 2. The first-order valence-corrected chi connectivity index (χ1v) is 10.1. The molecule has 2 aromatic carbocycles. The summed E-state index contributed by atoms with van der Waals surface area (Å²) in [4.78, 5) is 6.83. The molecule has 0 fully saturated rings. The number of para-hydroxylation sites is 1. The zero-order valence-corrected chi connectivity index (χ0v) is 17.3. The topological polar surface area (TPSA) is 30.3 Å². The largest absolute Gasteiger partial charge is 0.430 e. The monoisotopic (exact) mass is 433 g/mol. The molecule has 164 valence electrons. The van der Waals surface area contributed by atoms with Crippen LogP contribution in [0.15, 0.2) is 48.5 Å². The fraction of sp³-hybridized carbons (Fsp3) is 0.348. The normalized spacial score (nSPS) is 15.5. The third-order valence-electron chi connectivity index (χ3n) is 5.51. The van der Waals surface area contributed by atoms with E-state index in [1.54, 1.807) is 30.3 Å². The molecule has 0 aliphatic carbocycles. The molecule has 3 aromatic rings. The molecule has 0 saturated heterocycles. The van der Waals surface area contributed by atoms with Gasteiger partial charge in [-0.25, -0.2) is 13.8 Å². The number of ether oxygens (including phenoxy) is 1. The molecule has 1 aliphatic rings. The Morgan fingerprint density at radius 1 is 1.13 bits per heavy atom. The number of halogens is 4. The number of hydrogen-bond acceptors (Lipinski definition) is 3. The lowest BCUT2D eigenvalue weighted by Crippen LogP contribution is -2.35. The molecule has 1 unspecified atom stereocenters. The highest BCUT2D eigenvalue weighted by Crippen LogP contribution is 2.31. The van der Waals surface area contributed by atoms with Gasteiger partial charge in [-0.3, -0.25) is 4.90 Å². The lowest BCUT2D eigenvalue weighted by molar-refractivity contribution is -0.215. The Morgan fingerprint density at radius 3 is 2.55 bits per heavy atom. The third-order valence-corrected chi connectivity index (χ3v) is 5.51. The lowest BCUT2D eigenvalue weighted by Gasteiger charge is -2.28. The van der Waals surface area contributed by atoms with Gasteiger partial charge >= 0.3 is 6.11 Å². The Bertz CT molecular complexity index is 1060. The zero-order chi connectivity index (χ0) is 22.2. The van der Waals surface area contributed by atoms with E-state index in [2.05, 4.69) is 4.90 Å². The first-order valence-electron chi connectivity index (χ1n) is 10.1. The summed E-state index contributed by atoms with van der Waals surface area (Å²) < 4.78 is 60.7. The summed E-state index contributed by atoms with van der Waals surface area (Å²) in [5, 5.41) is 0. The molecule has 2 heterocycles. The van der Waals surface area contributed by atoms with Crippen LogP contribution >= 0.6 is 0 Å². The Kier molecular flexibility index (Phi) is 5.75. The van der Waals surface area contributed by atoms with Crippen LogP contribution in [-0.2, 0) is 26.6 Å². The number of nitrogens with zero attached hydrogens (tertiary/aromatic N) is 3. The van der Waals surface area contributed by atoms with Gasteiger partial charge in [0.25, 0.3) is 0 Å². The van der Waals surface area contributed by atoms with Crippen molar-refractivity contribution < 1.29 is 22.3 Å². The van der Waals surface area contributed by atoms with Crippen LogP contribution in [0.25, 0.3) is 11.4 Å². The van der Waals surface area contributed by atoms with Gasteiger partial charge in [0.05, 0.1) is 11.4 Å². The second-order valence-corrected chi connectivity index (χ2v) is 7.74. The number of hydrogen-bond donors (Lipinski definition) is 0. The molecule has 1 aliphatic heterocycles. The fourth-order valence-corrected chi connectivity index (χ4v) is 3.74. The van der Waals surface area contributed by atoms with Gasteiger partial charge in [-0.15, -0.1) is 0 Å². The van der Waals surface area contributed by atoms with E-state index < -0.39 is 12.3 Å². The fourth-order valence-electron chi connectivity index (χ4n) is 3.74. The van der Waals surface area contributed by atoms with Crippen LogP contribution in [0, 0.1) is 5.82 Å². The van der Waals surface area contributed by atoms with E-state index in [0.717, 1.165) is 29.7 Å². The van der Waals surface area contributed by atoms with Crippen molar-refractivity contribution in [2.75, 3.05) is 6.54 Å². The molecule has 1 atom stereocenters. The first-order chi connectivity index (χ1) is 14.7. The Morgan fingerprint density at radius 2 is 1.84 bits per heavy atom. The summed E-state index contributed by atoms with van der Waals surface area (Å²) in [6.45, 7) is 2.42. The van der Waals surface area contributed by atoms with Gasteiger partial charge in [0, 0.05) is 44.2 Å². The molecule has 0 N–H and O–H groups in total. The quantitative estimate of drug-likeness (QED) is 0.506. The van der Waals surface area contributed by atoms with Gasteiger partial charge in [0.2, 0.25) is 6.17 Å². The van der Waals surface area contributed by atoms with Gasteiger partial charge in [-0.1, -0.05) is 18.2 Å². The molecule has 0 saturated carbocycles. The van der Waals surface area contributed by atoms with Gasteiger partial charge in [0.15, 0.2) is 0 Å². The van der Waals surface area contributed by atoms with Crippen molar-refractivity contribution in [3.05, 3.63) is 71.3 Å². The molecule has 8 heteroatoms. The number of fused-ring (bicyclic) bond motifs is 1. The van der Waals surface area contributed by atoms with E-state index in [4.69, 9.17) is 9.72 Å². The van der Waals surface area contributed by atoms with Crippen LogP contribution in [0.4, 0.5) is 17.6 Å². The van der Waals surface area contributed by atoms with Crippen molar-refractivity contribution >= 4 is 0 Å². The van der Waals surface area contributed by atoms with Crippen molar-refractivity contribution in [3.8, 4) is 17.1 Å². The highest BCUT2D eigenvalue weighted by molar-refractivity contribution is 5.57. The molecule has 0 amide bonds. The first kappa shape index (κ1) is 21.4. The maximum Gasteiger partial charge on any atom is 0.429 e. The summed E-state index contributed by atoms with van der Waals surface area (Å²) in [6.07, 6.45) is -5.61. The van der Waals surface area contributed by atoms with Crippen molar-refractivity contribution in [2.45, 2.75) is 38.7 Å². The Balaban J connectivity index is 1.54. The molecule has 0 spiro atoms. The second kappa shape index (κ2) is 8.34. The average Bonchev–Trinajstić information content (AvgIpc) is 3.06. The van der Waals surface area contributed by atoms with Crippen LogP contribution in [0.5, 0.6) is 5.75 Å². The third kappa shape index (κ3) is 4.44. The molecule has 1 aromatic heterocycles. The second-order valence-electron chi connectivity index (χ2n) is 7.74. The summed E-state index contributed by atoms with van der Waals surface area (Å²) in [6, 6.07) is 12.7. The molecular weight excluding hydrogens is 410 g/mol. The summed E-state index contributed by atoms with van der Waals surface area (Å²) in [7, 11) is 1.91. The standard InChI is InChI=1S/C23H23F4N3O/c1-15(24)23(26,27)31-21-6-4-3-5-17(21)13-30-12-11-19-20(14-30)29(2)22(28-19)16-7-9-18(25)10-8-16/h3-10,15H,11-14H2,1-2H3. The SMILES string of the molecule is CC(F)C(F)(F)Oc1ccccc1CN1CCc2nc(-c3ccc(F)cc3)n(C)c2C1. The highest BCUT2D eigenvalue weighted by atomic mass is 19.3. The van der Waals surface area contributed by atoms with Crippen LogP contribution in [-0.4, -0.2) is 33.3 Å². The van der Waals surface area contributed by atoms with Crippen molar-refractivity contribution in [3.63, 3.8) is 0 Å². The van der Waals surface area contributed by atoms with Gasteiger partial charge in [-0.05, 0) is 37.3 Å². The molecule has 4 nitrogen and oxygen atoms in total. The maximum absolute atomic E-state index is 13.8. The van der Waals surface area contributed by atoms with Crippen LogP contribution in [0.2, 0.25) is 0 Å².